The van der Waals surface area contributed by atoms with Gasteiger partial charge in [-0.15, -0.1) is 23.1 Å². The van der Waals surface area contributed by atoms with E-state index >= 15 is 0 Å². The van der Waals surface area contributed by atoms with Crippen LogP contribution in [0.25, 0.3) is 11.3 Å². The Morgan fingerprint density at radius 2 is 1.83 bits per heavy atom. The summed E-state index contributed by atoms with van der Waals surface area (Å²) in [6, 6.07) is 8.34. The Balaban J connectivity index is 1.36. The highest BCUT2D eigenvalue weighted by Crippen LogP contribution is 2.28. The van der Waals surface area contributed by atoms with Gasteiger partial charge in [-0.3, -0.25) is 4.79 Å². The van der Waals surface area contributed by atoms with E-state index in [1.165, 1.54) is 16.2 Å². The van der Waals surface area contributed by atoms with E-state index in [0.717, 1.165) is 56.6 Å². The smallest absolute Gasteiger partial charge is 0.320 e. The first kappa shape index (κ1) is 20.2. The number of anilines is 1. The summed E-state index contributed by atoms with van der Waals surface area (Å²) in [6.45, 7) is 2.92. The quantitative estimate of drug-likeness (QED) is 0.730. The summed E-state index contributed by atoms with van der Waals surface area (Å²) >= 11 is 3.14. The Kier molecular flexibility index (Phi) is 6.40. The predicted octanol–water partition coefficient (Wildman–Crippen LogP) is 4.40. The number of aromatic nitrogens is 1. The van der Waals surface area contributed by atoms with Gasteiger partial charge >= 0.3 is 6.03 Å². The van der Waals surface area contributed by atoms with Gasteiger partial charge in [0.1, 0.15) is 0 Å². The van der Waals surface area contributed by atoms with Crippen molar-refractivity contribution in [3.8, 4) is 11.3 Å². The fourth-order valence-electron chi connectivity index (χ4n) is 3.91. The van der Waals surface area contributed by atoms with Gasteiger partial charge in [-0.25, -0.2) is 9.78 Å². The summed E-state index contributed by atoms with van der Waals surface area (Å²) in [7, 11) is 0. The summed E-state index contributed by atoms with van der Waals surface area (Å²) < 4.78 is 0. The maximum absolute atomic E-state index is 12.8. The van der Waals surface area contributed by atoms with E-state index < -0.39 is 0 Å². The molecule has 1 atom stereocenters. The van der Waals surface area contributed by atoms with Crippen LogP contribution in [-0.4, -0.2) is 59.2 Å². The number of urea groups is 1. The van der Waals surface area contributed by atoms with Crippen molar-refractivity contribution in [2.24, 2.45) is 5.92 Å². The van der Waals surface area contributed by atoms with Crippen molar-refractivity contribution < 1.29 is 9.59 Å². The Morgan fingerprint density at radius 3 is 2.55 bits per heavy atom. The van der Waals surface area contributed by atoms with Gasteiger partial charge in [0, 0.05) is 42.0 Å². The van der Waals surface area contributed by atoms with Crippen molar-refractivity contribution in [1.29, 1.82) is 0 Å². The number of piperidine rings is 1. The number of benzene rings is 1. The van der Waals surface area contributed by atoms with Crippen LogP contribution in [0.2, 0.25) is 0 Å². The van der Waals surface area contributed by atoms with E-state index in [-0.39, 0.29) is 17.9 Å². The molecule has 8 heteroatoms. The fraction of sp³-hybridized carbons (Fsp3) is 0.476. The van der Waals surface area contributed by atoms with Crippen LogP contribution in [0.15, 0.2) is 34.5 Å². The summed E-state index contributed by atoms with van der Waals surface area (Å²) in [5.74, 6) is -0.217. The molecular formula is C21H26N4O2S2. The zero-order valence-corrected chi connectivity index (χ0v) is 18.2. The Bertz CT molecular complexity index is 862. The van der Waals surface area contributed by atoms with Crippen LogP contribution in [0.5, 0.6) is 0 Å². The molecule has 2 fully saturated rings. The Morgan fingerprint density at radius 1 is 1.10 bits per heavy atom. The molecule has 2 aliphatic heterocycles. The van der Waals surface area contributed by atoms with Crippen LogP contribution < -0.4 is 5.32 Å². The standard InChI is InChI=1S/C21H26N4O2S2/c1-28-17-8-6-15(7-9-17)18-14-29-20(22-18)23-19(26)16-5-4-12-25(13-16)21(27)24-10-2-3-11-24/h6-9,14,16H,2-5,10-13H2,1H3,(H,22,23,26)/t16-/m0/s1. The number of likely N-dealkylation sites (tertiary alicyclic amines) is 2. The highest BCUT2D eigenvalue weighted by molar-refractivity contribution is 7.98. The number of nitrogens with zero attached hydrogens (tertiary/aromatic N) is 3. The molecule has 2 saturated heterocycles. The van der Waals surface area contributed by atoms with Gasteiger partial charge in [0.15, 0.2) is 5.13 Å². The first-order valence-electron chi connectivity index (χ1n) is 10.1. The normalized spacial score (nSPS) is 19.4. The van der Waals surface area contributed by atoms with Crippen molar-refractivity contribution in [2.45, 2.75) is 30.6 Å². The van der Waals surface area contributed by atoms with Crippen LogP contribution >= 0.6 is 23.1 Å². The first-order valence-corrected chi connectivity index (χ1v) is 12.2. The summed E-state index contributed by atoms with van der Waals surface area (Å²) in [5, 5.41) is 5.55. The number of carbonyl (C=O) groups excluding carboxylic acids is 2. The molecule has 29 heavy (non-hydrogen) atoms. The lowest BCUT2D eigenvalue weighted by molar-refractivity contribution is -0.121. The molecule has 1 N–H and O–H groups in total. The molecule has 1 aromatic carbocycles. The maximum atomic E-state index is 12.8. The second-order valence-electron chi connectivity index (χ2n) is 7.52. The zero-order chi connectivity index (χ0) is 20.2. The maximum Gasteiger partial charge on any atom is 0.320 e. The summed E-state index contributed by atoms with van der Waals surface area (Å²) in [6.07, 6.45) is 5.88. The van der Waals surface area contributed by atoms with Crippen molar-refractivity contribution in [1.82, 2.24) is 14.8 Å². The number of thioether (sulfide) groups is 1. The van der Waals surface area contributed by atoms with Gasteiger partial charge in [0.2, 0.25) is 5.91 Å². The van der Waals surface area contributed by atoms with Crippen LogP contribution in [0.1, 0.15) is 25.7 Å². The van der Waals surface area contributed by atoms with E-state index in [4.69, 9.17) is 0 Å². The van der Waals surface area contributed by atoms with E-state index in [1.807, 2.05) is 15.2 Å². The lowest BCUT2D eigenvalue weighted by Gasteiger charge is -2.34. The number of thiazole rings is 1. The molecule has 6 nitrogen and oxygen atoms in total. The number of hydrogen-bond donors (Lipinski definition) is 1. The average molecular weight is 431 g/mol. The molecule has 154 valence electrons. The number of nitrogens with one attached hydrogen (secondary N) is 1. The third-order valence-corrected chi connectivity index (χ3v) is 7.06. The molecule has 1 aromatic heterocycles. The third kappa shape index (κ3) is 4.75. The number of rotatable bonds is 4. The fourth-order valence-corrected chi connectivity index (χ4v) is 5.04. The highest BCUT2D eigenvalue weighted by atomic mass is 32.2. The van der Waals surface area contributed by atoms with Crippen molar-refractivity contribution in [3.63, 3.8) is 0 Å². The van der Waals surface area contributed by atoms with Gasteiger partial charge in [0.25, 0.3) is 0 Å². The molecule has 3 heterocycles. The number of hydrogen-bond acceptors (Lipinski definition) is 5. The van der Waals surface area contributed by atoms with Crippen molar-refractivity contribution in [2.75, 3.05) is 37.8 Å². The average Bonchev–Trinajstić information content (AvgIpc) is 3.46. The molecule has 0 unspecified atom stereocenters. The second kappa shape index (κ2) is 9.17. The summed E-state index contributed by atoms with van der Waals surface area (Å²) in [5.41, 5.74) is 1.91. The number of amides is 3. The van der Waals surface area contributed by atoms with Crippen molar-refractivity contribution in [3.05, 3.63) is 29.6 Å². The second-order valence-corrected chi connectivity index (χ2v) is 9.26. The molecule has 4 rings (SSSR count). The van der Waals surface area contributed by atoms with E-state index in [0.29, 0.717) is 11.7 Å². The van der Waals surface area contributed by atoms with E-state index in [2.05, 4.69) is 40.8 Å². The highest BCUT2D eigenvalue weighted by Gasteiger charge is 2.31. The first-order chi connectivity index (χ1) is 14.1. The SMILES string of the molecule is CSc1ccc(-c2csc(NC(=O)[C@H]3CCCN(C(=O)N4CCCC4)C3)n2)cc1. The largest absolute Gasteiger partial charge is 0.325 e. The number of carbonyl (C=O) groups is 2. The minimum atomic E-state index is -0.177. The topological polar surface area (TPSA) is 65.5 Å². The summed E-state index contributed by atoms with van der Waals surface area (Å²) in [4.78, 5) is 35.0. The van der Waals surface area contributed by atoms with Crippen LogP contribution in [0, 0.1) is 5.92 Å². The van der Waals surface area contributed by atoms with Gasteiger partial charge in [0.05, 0.1) is 11.6 Å². The van der Waals surface area contributed by atoms with Crippen LogP contribution in [-0.2, 0) is 4.79 Å². The molecule has 0 radical (unpaired) electrons. The van der Waals surface area contributed by atoms with Gasteiger partial charge in [-0.2, -0.15) is 0 Å². The molecule has 2 aromatic rings. The minimum absolute atomic E-state index is 0.0393. The Labute approximate surface area is 179 Å². The van der Waals surface area contributed by atoms with E-state index in [9.17, 15) is 9.59 Å². The molecule has 0 saturated carbocycles. The minimum Gasteiger partial charge on any atom is -0.325 e. The Hall–Kier alpha value is -2.06. The molecule has 3 amide bonds. The molecule has 0 aliphatic carbocycles. The lowest BCUT2D eigenvalue weighted by Crippen LogP contribution is -2.48. The van der Waals surface area contributed by atoms with Gasteiger partial charge in [-0.1, -0.05) is 12.1 Å². The molecule has 0 bridgehead atoms. The molecule has 2 aliphatic rings. The molecular weight excluding hydrogens is 404 g/mol. The van der Waals surface area contributed by atoms with E-state index in [1.54, 1.807) is 11.8 Å². The molecule has 0 spiro atoms. The van der Waals surface area contributed by atoms with Gasteiger partial charge in [-0.05, 0) is 44.1 Å². The van der Waals surface area contributed by atoms with Crippen LogP contribution in [0.4, 0.5) is 9.93 Å². The zero-order valence-electron chi connectivity index (χ0n) is 16.6. The lowest BCUT2D eigenvalue weighted by atomic mass is 9.97. The third-order valence-electron chi connectivity index (χ3n) is 5.56. The predicted molar refractivity (Wildman–Crippen MR) is 118 cm³/mol. The monoisotopic (exact) mass is 430 g/mol. The van der Waals surface area contributed by atoms with Gasteiger partial charge < -0.3 is 15.1 Å². The van der Waals surface area contributed by atoms with Crippen molar-refractivity contribution >= 4 is 40.2 Å². The van der Waals surface area contributed by atoms with Crippen LogP contribution in [0.3, 0.4) is 0 Å².